The minimum Gasteiger partial charge on any atom is -0.359 e. The Labute approximate surface area is 182 Å². The second-order valence-corrected chi connectivity index (χ2v) is 8.33. The first kappa shape index (κ1) is 24.7. The summed E-state index contributed by atoms with van der Waals surface area (Å²) in [6, 6.07) is -0.699. The quantitative estimate of drug-likeness (QED) is 0.432. The lowest BCUT2D eigenvalue weighted by atomic mass is 10.1. The summed E-state index contributed by atoms with van der Waals surface area (Å²) in [7, 11) is 0. The molecule has 1 atom stereocenters. The van der Waals surface area contributed by atoms with Crippen LogP contribution in [0.15, 0.2) is 23.2 Å². The van der Waals surface area contributed by atoms with Gasteiger partial charge in [0.05, 0.1) is 11.1 Å². The van der Waals surface area contributed by atoms with Gasteiger partial charge in [-0.05, 0) is 31.0 Å². The highest BCUT2D eigenvalue weighted by molar-refractivity contribution is 6.60. The third-order valence-electron chi connectivity index (χ3n) is 4.57. The van der Waals surface area contributed by atoms with E-state index in [1.807, 2.05) is 5.32 Å². The molecular weight excluding hydrogens is 508 g/mol. The summed E-state index contributed by atoms with van der Waals surface area (Å²) in [5.74, 6) is -2.87. The number of hydrogen-bond donors (Lipinski definition) is 2. The number of halogens is 11. The molecule has 1 aromatic carbocycles. The molecule has 1 unspecified atom stereocenters. The predicted octanol–water partition coefficient (Wildman–Crippen LogP) is 4.92. The Kier molecular flexibility index (Phi) is 5.63. The highest BCUT2D eigenvalue weighted by atomic mass is 35.5. The molecule has 0 bridgehead atoms. The smallest absolute Gasteiger partial charge is 0.359 e. The van der Waals surface area contributed by atoms with Crippen LogP contribution in [-0.2, 0) is 17.1 Å². The highest BCUT2D eigenvalue weighted by Crippen LogP contribution is 2.51. The van der Waals surface area contributed by atoms with E-state index >= 15 is 0 Å². The molecule has 1 heterocycles. The van der Waals surface area contributed by atoms with Crippen LogP contribution >= 0.6 is 23.2 Å². The van der Waals surface area contributed by atoms with E-state index in [-0.39, 0.29) is 31.0 Å². The van der Waals surface area contributed by atoms with E-state index in [0.29, 0.717) is 4.90 Å². The van der Waals surface area contributed by atoms with E-state index in [1.165, 1.54) is 0 Å². The molecule has 0 aromatic heterocycles. The monoisotopic (exact) mass is 517 g/mol. The molecule has 3 rings (SSSR count). The molecule has 1 aliphatic carbocycles. The van der Waals surface area contributed by atoms with Crippen molar-refractivity contribution in [1.29, 1.82) is 0 Å². The molecule has 1 aromatic rings. The lowest BCUT2D eigenvalue weighted by Crippen LogP contribution is -2.68. The number of carbonyl (C=O) groups is 1. The molecule has 16 heteroatoms. The van der Waals surface area contributed by atoms with Gasteiger partial charge in [-0.2, -0.15) is 39.5 Å². The van der Waals surface area contributed by atoms with Crippen LogP contribution in [0.2, 0.25) is 0 Å². The number of amides is 1. The molecule has 1 fully saturated rings. The number of alkyl halides is 11. The zero-order chi connectivity index (χ0) is 24.5. The van der Waals surface area contributed by atoms with E-state index in [1.54, 1.807) is 0 Å². The van der Waals surface area contributed by atoms with Crippen molar-refractivity contribution in [3.8, 4) is 0 Å². The summed E-state index contributed by atoms with van der Waals surface area (Å²) in [6.45, 7) is 0. The molecule has 1 amide bonds. The Morgan fingerprint density at radius 2 is 1.44 bits per heavy atom. The maximum atomic E-state index is 13.5. The topological polar surface area (TPSA) is 64.9 Å². The Hall–Kier alpha value is -1.93. The summed E-state index contributed by atoms with van der Waals surface area (Å²) in [6.07, 6.45) is -15.8. The number of carbonyl (C=O) groups excluding carboxylic acids is 1. The number of benzene rings is 1. The fourth-order valence-electron chi connectivity index (χ4n) is 2.83. The van der Waals surface area contributed by atoms with Crippen molar-refractivity contribution in [2.24, 2.45) is 4.99 Å². The van der Waals surface area contributed by atoms with Gasteiger partial charge in [0.25, 0.3) is 16.0 Å². The number of nitrogens with one attached hydrogen (secondary N) is 1. The highest BCUT2D eigenvalue weighted by Gasteiger charge is 2.73. The first-order valence-electron chi connectivity index (χ1n) is 8.46. The predicted molar refractivity (Wildman–Crippen MR) is 92.8 cm³/mol. The SMILES string of the molecule is O=C1N(C2CC2)C(Nc2cc(C(F)(F)F)cc(C(F)(F)F)c2)=NC(O)(C(F)(F)F)C1(Cl)Cl. The van der Waals surface area contributed by atoms with Crippen LogP contribution < -0.4 is 5.32 Å². The third kappa shape index (κ3) is 4.19. The van der Waals surface area contributed by atoms with E-state index < -0.39 is 63.3 Å². The number of hydrogen-bond acceptors (Lipinski definition) is 4. The van der Waals surface area contributed by atoms with Crippen molar-refractivity contribution in [1.82, 2.24) is 4.90 Å². The molecule has 0 spiro atoms. The lowest BCUT2D eigenvalue weighted by molar-refractivity contribution is -0.262. The van der Waals surface area contributed by atoms with E-state index in [2.05, 4.69) is 4.99 Å². The van der Waals surface area contributed by atoms with Crippen LogP contribution in [-0.4, -0.2) is 44.1 Å². The molecule has 0 radical (unpaired) electrons. The Bertz CT molecular complexity index is 939. The minimum absolute atomic E-state index is 0.170. The van der Waals surface area contributed by atoms with Crippen molar-refractivity contribution < 1.29 is 49.4 Å². The Balaban J connectivity index is 2.16. The molecular formula is C16H10Cl2F9N3O2. The van der Waals surface area contributed by atoms with Crippen LogP contribution in [0.1, 0.15) is 24.0 Å². The second-order valence-electron chi connectivity index (χ2n) is 7.01. The molecule has 5 nitrogen and oxygen atoms in total. The summed E-state index contributed by atoms with van der Waals surface area (Å²) in [4.78, 5) is 16.0. The van der Waals surface area contributed by atoms with E-state index in [9.17, 15) is 49.4 Å². The molecule has 2 aliphatic rings. The number of aliphatic hydroxyl groups is 1. The van der Waals surface area contributed by atoms with Crippen LogP contribution in [0.5, 0.6) is 0 Å². The minimum atomic E-state index is -5.74. The maximum Gasteiger partial charge on any atom is 0.442 e. The van der Waals surface area contributed by atoms with Crippen LogP contribution in [0.4, 0.5) is 45.2 Å². The number of rotatable bonds is 2. The second kappa shape index (κ2) is 7.29. The molecule has 2 N–H and O–H groups in total. The van der Waals surface area contributed by atoms with Gasteiger partial charge in [0.15, 0.2) is 0 Å². The largest absolute Gasteiger partial charge is 0.442 e. The van der Waals surface area contributed by atoms with Gasteiger partial charge in [-0.3, -0.25) is 9.69 Å². The van der Waals surface area contributed by atoms with Crippen molar-refractivity contribution in [2.45, 2.75) is 47.5 Å². The summed E-state index contributed by atoms with van der Waals surface area (Å²) < 4.78 is 115. The molecule has 1 saturated carbocycles. The van der Waals surface area contributed by atoms with Crippen LogP contribution in [0.25, 0.3) is 0 Å². The van der Waals surface area contributed by atoms with Crippen LogP contribution in [0, 0.1) is 0 Å². The first-order valence-corrected chi connectivity index (χ1v) is 9.21. The molecule has 178 valence electrons. The zero-order valence-corrected chi connectivity index (χ0v) is 16.6. The van der Waals surface area contributed by atoms with Gasteiger partial charge in [0.2, 0.25) is 5.96 Å². The van der Waals surface area contributed by atoms with Gasteiger partial charge in [-0.25, -0.2) is 4.99 Å². The normalized spacial score (nSPS) is 24.4. The summed E-state index contributed by atoms with van der Waals surface area (Å²) in [5.41, 5.74) is -8.98. The maximum absolute atomic E-state index is 13.5. The summed E-state index contributed by atoms with van der Waals surface area (Å²) in [5, 5.41) is 11.9. The number of nitrogens with zero attached hydrogens (tertiary/aromatic N) is 2. The number of aliphatic imine (C=N–C) groups is 1. The van der Waals surface area contributed by atoms with Crippen molar-refractivity contribution >= 4 is 40.8 Å². The zero-order valence-electron chi connectivity index (χ0n) is 15.1. The Morgan fingerprint density at radius 1 is 0.969 bits per heavy atom. The van der Waals surface area contributed by atoms with Crippen molar-refractivity contribution in [3.05, 3.63) is 29.3 Å². The van der Waals surface area contributed by atoms with Gasteiger partial charge in [0, 0.05) is 11.7 Å². The fourth-order valence-corrected chi connectivity index (χ4v) is 3.31. The average Bonchev–Trinajstić information content (AvgIpc) is 3.42. The van der Waals surface area contributed by atoms with Gasteiger partial charge < -0.3 is 10.4 Å². The van der Waals surface area contributed by atoms with E-state index in [4.69, 9.17) is 23.2 Å². The molecule has 1 aliphatic heterocycles. The third-order valence-corrected chi connectivity index (χ3v) is 5.42. The van der Waals surface area contributed by atoms with Gasteiger partial charge in [0.1, 0.15) is 0 Å². The van der Waals surface area contributed by atoms with Crippen molar-refractivity contribution in [3.63, 3.8) is 0 Å². The molecule has 32 heavy (non-hydrogen) atoms. The number of anilines is 1. The lowest BCUT2D eigenvalue weighted by Gasteiger charge is -2.43. The molecule has 0 saturated heterocycles. The fraction of sp³-hybridized carbons (Fsp3) is 0.500. The summed E-state index contributed by atoms with van der Waals surface area (Å²) >= 11 is 11.0. The number of guanidine groups is 1. The van der Waals surface area contributed by atoms with Gasteiger partial charge in [-0.15, -0.1) is 0 Å². The first-order chi connectivity index (χ1) is 14.3. The average molecular weight is 518 g/mol. The van der Waals surface area contributed by atoms with Gasteiger partial charge >= 0.3 is 18.5 Å². The Morgan fingerprint density at radius 3 is 1.81 bits per heavy atom. The standard InChI is InChI=1S/C16H10Cl2F9N3O2/c17-12(18)10(31)30(9-1-2-9)11(29-15(12,32)16(25,26)27)28-8-4-6(13(19,20)21)3-7(5-8)14(22,23)24/h3-5,9,32H,1-2H2,(H,28,29). The van der Waals surface area contributed by atoms with Crippen molar-refractivity contribution in [2.75, 3.05) is 5.32 Å². The van der Waals surface area contributed by atoms with Crippen LogP contribution in [0.3, 0.4) is 0 Å². The van der Waals surface area contributed by atoms with E-state index in [0.717, 1.165) is 0 Å². The van der Waals surface area contributed by atoms with Gasteiger partial charge in [-0.1, -0.05) is 23.2 Å².